The maximum Gasteiger partial charge on any atom is 0.321 e. The van der Waals surface area contributed by atoms with Gasteiger partial charge in [0.05, 0.1) is 5.92 Å². The summed E-state index contributed by atoms with van der Waals surface area (Å²) in [6, 6.07) is 7.18. The van der Waals surface area contributed by atoms with Crippen LogP contribution in [-0.2, 0) is 4.79 Å². The molecule has 0 saturated heterocycles. The van der Waals surface area contributed by atoms with Crippen LogP contribution in [0.3, 0.4) is 0 Å². The number of halogens is 1. The molecule has 0 saturated carbocycles. The second-order valence-corrected chi connectivity index (χ2v) is 5.25. The normalized spacial score (nSPS) is 12.7. The van der Waals surface area contributed by atoms with E-state index in [0.717, 1.165) is 11.3 Å². The lowest BCUT2D eigenvalue weighted by atomic mass is 10.0. The van der Waals surface area contributed by atoms with E-state index in [2.05, 4.69) is 15.3 Å². The van der Waals surface area contributed by atoms with Crippen molar-refractivity contribution in [3.05, 3.63) is 42.2 Å². The molecule has 2 aromatic rings. The Bertz CT molecular complexity index is 650. The van der Waals surface area contributed by atoms with Crippen molar-refractivity contribution in [2.45, 2.75) is 26.8 Å². The molecule has 2 rings (SSSR count). The molecular weight excluding hydrogens is 316 g/mol. The molecular formula is C16H21ClN4O2. The van der Waals surface area contributed by atoms with Gasteiger partial charge in [-0.1, -0.05) is 6.92 Å². The number of anilines is 1. The smallest absolute Gasteiger partial charge is 0.321 e. The fourth-order valence-electron chi connectivity index (χ4n) is 1.77. The zero-order valence-corrected chi connectivity index (χ0v) is 14.1. The van der Waals surface area contributed by atoms with Crippen molar-refractivity contribution in [3.63, 3.8) is 0 Å². The van der Waals surface area contributed by atoms with E-state index in [0.29, 0.717) is 5.75 Å². The number of nitrogens with zero attached hydrogens (tertiary/aromatic N) is 2. The first-order valence-corrected chi connectivity index (χ1v) is 7.09. The lowest BCUT2D eigenvalue weighted by molar-refractivity contribution is -0.119. The minimum absolute atomic E-state index is 0. The number of benzene rings is 1. The molecule has 0 fully saturated rings. The molecule has 1 amide bonds. The average Bonchev–Trinajstić information content (AvgIpc) is 2.50. The van der Waals surface area contributed by atoms with Crippen molar-refractivity contribution >= 4 is 24.0 Å². The van der Waals surface area contributed by atoms with Gasteiger partial charge in [0.1, 0.15) is 5.75 Å². The summed E-state index contributed by atoms with van der Waals surface area (Å²) < 4.78 is 5.55. The third kappa shape index (κ3) is 5.19. The molecule has 23 heavy (non-hydrogen) atoms. The number of hydrogen-bond acceptors (Lipinski definition) is 5. The van der Waals surface area contributed by atoms with Crippen LogP contribution in [0.4, 0.5) is 5.69 Å². The number of aromatic nitrogens is 2. The zero-order valence-electron chi connectivity index (χ0n) is 13.3. The first kappa shape index (κ1) is 18.9. The minimum Gasteiger partial charge on any atom is -0.424 e. The summed E-state index contributed by atoms with van der Waals surface area (Å²) in [6.45, 7) is 5.51. The molecule has 124 valence electrons. The van der Waals surface area contributed by atoms with Gasteiger partial charge in [0.25, 0.3) is 0 Å². The van der Waals surface area contributed by atoms with Gasteiger partial charge in [-0.05, 0) is 43.7 Å². The summed E-state index contributed by atoms with van der Waals surface area (Å²) in [5.74, 6) is 0.258. The van der Waals surface area contributed by atoms with Crippen molar-refractivity contribution in [3.8, 4) is 11.8 Å². The van der Waals surface area contributed by atoms with Gasteiger partial charge in [-0.2, -0.15) is 0 Å². The van der Waals surface area contributed by atoms with Crippen LogP contribution in [0.5, 0.6) is 11.8 Å². The van der Waals surface area contributed by atoms with Gasteiger partial charge in [0, 0.05) is 24.1 Å². The van der Waals surface area contributed by atoms with E-state index >= 15 is 0 Å². The predicted molar refractivity (Wildman–Crippen MR) is 92.0 cm³/mol. The first-order chi connectivity index (χ1) is 10.5. The molecule has 0 aliphatic rings. The summed E-state index contributed by atoms with van der Waals surface area (Å²) in [4.78, 5) is 20.0. The SMILES string of the molecule is Cc1cc(Oc2ncccn2)ccc1NC(=O)C(C)C(C)N.Cl. The highest BCUT2D eigenvalue weighted by molar-refractivity contribution is 5.93. The van der Waals surface area contributed by atoms with Gasteiger partial charge in [-0.15, -0.1) is 12.4 Å². The van der Waals surface area contributed by atoms with Gasteiger partial charge in [0.2, 0.25) is 5.91 Å². The lowest BCUT2D eigenvalue weighted by Crippen LogP contribution is -2.34. The average molecular weight is 337 g/mol. The summed E-state index contributed by atoms with van der Waals surface area (Å²) in [5, 5.41) is 2.88. The molecule has 1 heterocycles. The third-order valence-electron chi connectivity index (χ3n) is 3.41. The standard InChI is InChI=1S/C16H20N4O2.ClH/c1-10-9-13(22-16-18-7-4-8-19-16)5-6-14(10)20-15(21)11(2)12(3)17;/h4-9,11-12H,17H2,1-3H3,(H,20,21);1H. The molecule has 2 atom stereocenters. The van der Waals surface area contributed by atoms with Crippen molar-refractivity contribution in [2.75, 3.05) is 5.32 Å². The van der Waals surface area contributed by atoms with Gasteiger partial charge < -0.3 is 15.8 Å². The molecule has 1 aromatic carbocycles. The molecule has 0 aliphatic heterocycles. The maximum atomic E-state index is 12.0. The number of amides is 1. The summed E-state index contributed by atoms with van der Waals surface area (Å²) >= 11 is 0. The van der Waals surface area contributed by atoms with E-state index in [-0.39, 0.29) is 36.3 Å². The van der Waals surface area contributed by atoms with Crippen LogP contribution in [0.25, 0.3) is 0 Å². The third-order valence-corrected chi connectivity index (χ3v) is 3.41. The Balaban J connectivity index is 0.00000264. The van der Waals surface area contributed by atoms with E-state index in [1.807, 2.05) is 19.9 Å². The van der Waals surface area contributed by atoms with Crippen LogP contribution in [0.15, 0.2) is 36.7 Å². The number of rotatable bonds is 5. The van der Waals surface area contributed by atoms with Crippen molar-refractivity contribution in [2.24, 2.45) is 11.7 Å². The topological polar surface area (TPSA) is 90.1 Å². The number of hydrogen-bond donors (Lipinski definition) is 2. The highest BCUT2D eigenvalue weighted by Gasteiger charge is 2.17. The Labute approximate surface area is 141 Å². The number of nitrogens with one attached hydrogen (secondary N) is 1. The lowest BCUT2D eigenvalue weighted by Gasteiger charge is -2.16. The van der Waals surface area contributed by atoms with E-state index in [1.54, 1.807) is 37.5 Å². The minimum atomic E-state index is -0.256. The zero-order chi connectivity index (χ0) is 16.1. The Kier molecular flexibility index (Phi) is 6.93. The van der Waals surface area contributed by atoms with Crippen molar-refractivity contribution in [1.82, 2.24) is 9.97 Å². The molecule has 0 spiro atoms. The fraction of sp³-hybridized carbons (Fsp3) is 0.312. The van der Waals surface area contributed by atoms with E-state index in [4.69, 9.17) is 10.5 Å². The van der Waals surface area contributed by atoms with E-state index in [9.17, 15) is 4.79 Å². The van der Waals surface area contributed by atoms with Crippen molar-refractivity contribution < 1.29 is 9.53 Å². The summed E-state index contributed by atoms with van der Waals surface area (Å²) in [6.07, 6.45) is 3.22. The number of ether oxygens (including phenoxy) is 1. The number of nitrogens with two attached hydrogens (primary N) is 1. The van der Waals surface area contributed by atoms with E-state index < -0.39 is 0 Å². The molecule has 0 aliphatic carbocycles. The quantitative estimate of drug-likeness (QED) is 0.876. The Hall–Kier alpha value is -2.18. The second kappa shape index (κ2) is 8.45. The summed E-state index contributed by atoms with van der Waals surface area (Å²) in [5.41, 5.74) is 7.37. The van der Waals surface area contributed by atoms with Crippen LogP contribution in [-0.4, -0.2) is 21.9 Å². The molecule has 0 radical (unpaired) electrons. The number of aryl methyl sites for hydroxylation is 1. The summed E-state index contributed by atoms with van der Waals surface area (Å²) in [7, 11) is 0. The van der Waals surface area contributed by atoms with Crippen molar-refractivity contribution in [1.29, 1.82) is 0 Å². The molecule has 7 heteroatoms. The highest BCUT2D eigenvalue weighted by atomic mass is 35.5. The largest absolute Gasteiger partial charge is 0.424 e. The molecule has 6 nitrogen and oxygen atoms in total. The van der Waals surface area contributed by atoms with Crippen LogP contribution in [0.1, 0.15) is 19.4 Å². The first-order valence-electron chi connectivity index (χ1n) is 7.09. The molecule has 3 N–H and O–H groups in total. The fourth-order valence-corrected chi connectivity index (χ4v) is 1.77. The van der Waals surface area contributed by atoms with Gasteiger partial charge in [0.15, 0.2) is 0 Å². The van der Waals surface area contributed by atoms with Crippen LogP contribution in [0, 0.1) is 12.8 Å². The Morgan fingerprint density at radius 2 is 1.91 bits per heavy atom. The van der Waals surface area contributed by atoms with Gasteiger partial charge in [-0.25, -0.2) is 9.97 Å². The van der Waals surface area contributed by atoms with Gasteiger partial charge in [-0.3, -0.25) is 4.79 Å². The maximum absolute atomic E-state index is 12.0. The monoisotopic (exact) mass is 336 g/mol. The Morgan fingerprint density at radius 1 is 1.26 bits per heavy atom. The van der Waals surface area contributed by atoms with E-state index in [1.165, 1.54) is 0 Å². The predicted octanol–water partition coefficient (Wildman–Crippen LogP) is 2.92. The van der Waals surface area contributed by atoms with Crippen LogP contribution in [0.2, 0.25) is 0 Å². The second-order valence-electron chi connectivity index (χ2n) is 5.25. The highest BCUT2D eigenvalue weighted by Crippen LogP contribution is 2.24. The number of carbonyl (C=O) groups is 1. The Morgan fingerprint density at radius 3 is 2.48 bits per heavy atom. The molecule has 1 aromatic heterocycles. The molecule has 0 bridgehead atoms. The molecule has 2 unspecified atom stereocenters. The van der Waals surface area contributed by atoms with Gasteiger partial charge >= 0.3 is 6.01 Å². The number of carbonyl (C=O) groups excluding carboxylic acids is 1. The van der Waals surface area contributed by atoms with Crippen LogP contribution >= 0.6 is 12.4 Å². The van der Waals surface area contributed by atoms with Crippen LogP contribution < -0.4 is 15.8 Å².